The monoisotopic (exact) mass is 390 g/mol. The molecule has 0 saturated carbocycles. The molecule has 2 N–H and O–H groups in total. The van der Waals surface area contributed by atoms with Crippen molar-refractivity contribution in [3.8, 4) is 5.75 Å². The van der Waals surface area contributed by atoms with E-state index in [4.69, 9.17) is 9.47 Å². The summed E-state index contributed by atoms with van der Waals surface area (Å²) in [6.07, 6.45) is 3.51. The van der Waals surface area contributed by atoms with Crippen molar-refractivity contribution >= 4 is 5.96 Å². The largest absolute Gasteiger partial charge is 0.497 e. The molecule has 28 heavy (non-hydrogen) atoms. The smallest absolute Gasteiger partial charge is 0.191 e. The van der Waals surface area contributed by atoms with Crippen LogP contribution in [0.1, 0.15) is 44.7 Å². The van der Waals surface area contributed by atoms with Crippen LogP contribution < -0.4 is 15.4 Å². The maximum Gasteiger partial charge on any atom is 0.191 e. The Morgan fingerprint density at radius 1 is 1.21 bits per heavy atom. The lowest BCUT2D eigenvalue weighted by Crippen LogP contribution is -2.43. The third-order valence-electron chi connectivity index (χ3n) is 4.96. The molecule has 1 aliphatic rings. The number of likely N-dealkylation sites (tertiary alicyclic amines) is 1. The number of aliphatic imine (C=N–C) groups is 1. The number of rotatable bonds is 11. The van der Waals surface area contributed by atoms with E-state index in [1.165, 1.54) is 18.4 Å². The minimum atomic E-state index is 0.311. The van der Waals surface area contributed by atoms with Crippen LogP contribution in [0.25, 0.3) is 0 Å². The standard InChI is InChI=1S/C22H38N4O2/c1-18(2)17-28-14-8-11-24-22(23-3)25-16-21(26-12-5-6-13-26)19-9-7-10-20(15-19)27-4/h7,9-10,15,18,21H,5-6,8,11-14,16-17H2,1-4H3,(H2,23,24,25). The molecule has 1 atom stereocenters. The molecule has 6 heteroatoms. The molecule has 1 fully saturated rings. The molecule has 1 saturated heterocycles. The van der Waals surface area contributed by atoms with Crippen LogP contribution in [0.3, 0.4) is 0 Å². The summed E-state index contributed by atoms with van der Waals surface area (Å²) in [5.74, 6) is 2.34. The van der Waals surface area contributed by atoms with Gasteiger partial charge >= 0.3 is 0 Å². The highest BCUT2D eigenvalue weighted by Crippen LogP contribution is 2.27. The Bertz CT molecular complexity index is 586. The summed E-state index contributed by atoms with van der Waals surface area (Å²) in [5.41, 5.74) is 1.28. The van der Waals surface area contributed by atoms with Gasteiger partial charge in [-0.2, -0.15) is 0 Å². The zero-order valence-electron chi connectivity index (χ0n) is 18.0. The van der Waals surface area contributed by atoms with E-state index < -0.39 is 0 Å². The average molecular weight is 391 g/mol. The van der Waals surface area contributed by atoms with Crippen molar-refractivity contribution < 1.29 is 9.47 Å². The fourth-order valence-electron chi connectivity index (χ4n) is 3.47. The van der Waals surface area contributed by atoms with E-state index in [1.807, 2.05) is 13.1 Å². The van der Waals surface area contributed by atoms with Gasteiger partial charge < -0.3 is 20.1 Å². The van der Waals surface area contributed by atoms with Crippen molar-refractivity contribution in [2.45, 2.75) is 39.2 Å². The summed E-state index contributed by atoms with van der Waals surface area (Å²) < 4.78 is 11.1. The summed E-state index contributed by atoms with van der Waals surface area (Å²) in [7, 11) is 3.54. The van der Waals surface area contributed by atoms with Crippen LogP contribution in [0.5, 0.6) is 5.75 Å². The fourth-order valence-corrected chi connectivity index (χ4v) is 3.47. The van der Waals surface area contributed by atoms with Crippen molar-refractivity contribution in [3.05, 3.63) is 29.8 Å². The van der Waals surface area contributed by atoms with Crippen molar-refractivity contribution in [1.82, 2.24) is 15.5 Å². The van der Waals surface area contributed by atoms with Gasteiger partial charge in [0, 0.05) is 33.4 Å². The Kier molecular flexibility index (Phi) is 10.1. The van der Waals surface area contributed by atoms with Crippen LogP contribution >= 0.6 is 0 Å². The minimum Gasteiger partial charge on any atom is -0.497 e. The average Bonchev–Trinajstić information content (AvgIpc) is 3.23. The molecular weight excluding hydrogens is 352 g/mol. The van der Waals surface area contributed by atoms with Gasteiger partial charge in [-0.1, -0.05) is 26.0 Å². The summed E-state index contributed by atoms with van der Waals surface area (Å²) in [6.45, 7) is 9.90. The lowest BCUT2D eigenvalue weighted by Gasteiger charge is -2.29. The second-order valence-electron chi connectivity index (χ2n) is 7.74. The van der Waals surface area contributed by atoms with E-state index in [0.717, 1.165) is 57.5 Å². The molecule has 1 unspecified atom stereocenters. The van der Waals surface area contributed by atoms with Gasteiger partial charge in [-0.25, -0.2) is 0 Å². The molecule has 1 aromatic carbocycles. The number of methoxy groups -OCH3 is 1. The number of nitrogens with one attached hydrogen (secondary N) is 2. The van der Waals surface area contributed by atoms with E-state index in [2.05, 4.69) is 52.6 Å². The lowest BCUT2D eigenvalue weighted by atomic mass is 10.1. The summed E-state index contributed by atoms with van der Waals surface area (Å²) >= 11 is 0. The van der Waals surface area contributed by atoms with Crippen LogP contribution in [0.2, 0.25) is 0 Å². The summed E-state index contributed by atoms with van der Waals surface area (Å²) in [5, 5.41) is 6.90. The molecule has 1 heterocycles. The predicted molar refractivity (Wildman–Crippen MR) is 116 cm³/mol. The van der Waals surface area contributed by atoms with Gasteiger partial charge in [0.05, 0.1) is 13.2 Å². The Hall–Kier alpha value is -1.79. The first-order valence-electron chi connectivity index (χ1n) is 10.5. The predicted octanol–water partition coefficient (Wildman–Crippen LogP) is 3.06. The van der Waals surface area contributed by atoms with Gasteiger partial charge in [-0.05, 0) is 56.0 Å². The van der Waals surface area contributed by atoms with Gasteiger partial charge in [0.25, 0.3) is 0 Å². The molecule has 0 amide bonds. The van der Waals surface area contributed by atoms with Crippen molar-refractivity contribution in [1.29, 1.82) is 0 Å². The second-order valence-corrected chi connectivity index (χ2v) is 7.74. The SMILES string of the molecule is CN=C(NCCCOCC(C)C)NCC(c1cccc(OC)c1)N1CCCC1. The van der Waals surface area contributed by atoms with Crippen LogP contribution in [0.4, 0.5) is 0 Å². The fraction of sp³-hybridized carbons (Fsp3) is 0.682. The zero-order valence-corrected chi connectivity index (χ0v) is 18.0. The normalized spacial score (nSPS) is 16.4. The van der Waals surface area contributed by atoms with Crippen LogP contribution in [0, 0.1) is 5.92 Å². The summed E-state index contributed by atoms with van der Waals surface area (Å²) in [4.78, 5) is 6.92. The van der Waals surface area contributed by atoms with Gasteiger partial charge in [0.2, 0.25) is 0 Å². The molecule has 1 aliphatic heterocycles. The molecule has 6 nitrogen and oxygen atoms in total. The molecular formula is C22H38N4O2. The number of benzene rings is 1. The van der Waals surface area contributed by atoms with Crippen molar-refractivity contribution in [2.24, 2.45) is 10.9 Å². The summed E-state index contributed by atoms with van der Waals surface area (Å²) in [6, 6.07) is 8.72. The number of ether oxygens (including phenoxy) is 2. The Balaban J connectivity index is 1.85. The first-order chi connectivity index (χ1) is 13.6. The Labute approximate surface area is 170 Å². The number of hydrogen-bond donors (Lipinski definition) is 2. The van der Waals surface area contributed by atoms with Crippen molar-refractivity contribution in [2.75, 3.05) is 53.6 Å². The molecule has 0 bridgehead atoms. The Morgan fingerprint density at radius 2 is 2.00 bits per heavy atom. The third kappa shape index (κ3) is 7.68. The molecule has 0 aromatic heterocycles. The Morgan fingerprint density at radius 3 is 2.68 bits per heavy atom. The number of hydrogen-bond acceptors (Lipinski definition) is 4. The van der Waals surface area contributed by atoms with Crippen LogP contribution in [0.15, 0.2) is 29.3 Å². The lowest BCUT2D eigenvalue weighted by molar-refractivity contribution is 0.108. The van der Waals surface area contributed by atoms with E-state index in [-0.39, 0.29) is 0 Å². The molecule has 158 valence electrons. The number of guanidine groups is 1. The van der Waals surface area contributed by atoms with E-state index in [9.17, 15) is 0 Å². The van der Waals surface area contributed by atoms with Crippen LogP contribution in [-0.2, 0) is 4.74 Å². The highest BCUT2D eigenvalue weighted by atomic mass is 16.5. The van der Waals surface area contributed by atoms with Gasteiger partial charge in [-0.15, -0.1) is 0 Å². The zero-order chi connectivity index (χ0) is 20.2. The minimum absolute atomic E-state index is 0.311. The molecule has 0 aliphatic carbocycles. The van der Waals surface area contributed by atoms with E-state index >= 15 is 0 Å². The van der Waals surface area contributed by atoms with Gasteiger partial charge in [-0.3, -0.25) is 9.89 Å². The first-order valence-corrected chi connectivity index (χ1v) is 10.5. The third-order valence-corrected chi connectivity index (χ3v) is 4.96. The quantitative estimate of drug-likeness (QED) is 0.345. The molecule has 2 rings (SSSR count). The maximum atomic E-state index is 5.64. The van der Waals surface area contributed by atoms with Gasteiger partial charge in [0.1, 0.15) is 5.75 Å². The van der Waals surface area contributed by atoms with Crippen LogP contribution in [-0.4, -0.2) is 64.4 Å². The maximum absolute atomic E-state index is 5.64. The van der Waals surface area contributed by atoms with E-state index in [0.29, 0.717) is 12.0 Å². The highest BCUT2D eigenvalue weighted by Gasteiger charge is 2.24. The highest BCUT2D eigenvalue weighted by molar-refractivity contribution is 5.79. The number of nitrogens with zero attached hydrogens (tertiary/aromatic N) is 2. The van der Waals surface area contributed by atoms with Gasteiger partial charge in [0.15, 0.2) is 5.96 Å². The molecule has 1 aromatic rings. The van der Waals surface area contributed by atoms with Crippen molar-refractivity contribution in [3.63, 3.8) is 0 Å². The second kappa shape index (κ2) is 12.6. The van der Waals surface area contributed by atoms with E-state index in [1.54, 1.807) is 7.11 Å². The topological polar surface area (TPSA) is 58.1 Å². The molecule has 0 radical (unpaired) electrons. The first kappa shape index (κ1) is 22.5. The molecule has 0 spiro atoms.